The Hall–Kier alpha value is -0.380. The maximum atomic E-state index is 3.81. The lowest BCUT2D eigenvalue weighted by Crippen LogP contribution is -2.52. The lowest BCUT2D eigenvalue weighted by molar-refractivity contribution is 0.0293. The fourth-order valence-corrected chi connectivity index (χ4v) is 4.18. The molecule has 1 heterocycles. The SMILES string of the molecule is CC1CCCC(C)N1NC1CCc2c(Br)cccc21. The average Bonchev–Trinajstić information content (AvgIpc) is 2.79. The van der Waals surface area contributed by atoms with Gasteiger partial charge in [-0.25, -0.2) is 10.4 Å². The van der Waals surface area contributed by atoms with Crippen molar-refractivity contribution < 1.29 is 0 Å². The number of piperidine rings is 1. The first kappa shape index (κ1) is 13.6. The van der Waals surface area contributed by atoms with Gasteiger partial charge in [0.15, 0.2) is 0 Å². The summed E-state index contributed by atoms with van der Waals surface area (Å²) in [6.45, 7) is 4.69. The summed E-state index contributed by atoms with van der Waals surface area (Å²) in [6.07, 6.45) is 6.40. The molecule has 2 nitrogen and oxygen atoms in total. The lowest BCUT2D eigenvalue weighted by Gasteiger charge is -2.41. The number of fused-ring (bicyclic) bond motifs is 1. The third-order valence-corrected chi connectivity index (χ3v) is 5.45. The van der Waals surface area contributed by atoms with E-state index in [0.717, 1.165) is 0 Å². The van der Waals surface area contributed by atoms with Crippen LogP contribution in [0.5, 0.6) is 0 Å². The number of hydrogen-bond acceptors (Lipinski definition) is 2. The van der Waals surface area contributed by atoms with Gasteiger partial charge in [0.2, 0.25) is 0 Å². The zero-order valence-corrected chi connectivity index (χ0v) is 13.4. The van der Waals surface area contributed by atoms with E-state index in [1.807, 2.05) is 0 Å². The molecule has 19 heavy (non-hydrogen) atoms. The van der Waals surface area contributed by atoms with Gasteiger partial charge in [-0.1, -0.05) is 34.5 Å². The Kier molecular flexibility index (Phi) is 3.97. The Balaban J connectivity index is 1.77. The fraction of sp³-hybridized carbons (Fsp3) is 0.625. The van der Waals surface area contributed by atoms with Crippen molar-refractivity contribution in [1.29, 1.82) is 0 Å². The molecule has 3 unspecified atom stereocenters. The highest BCUT2D eigenvalue weighted by atomic mass is 79.9. The van der Waals surface area contributed by atoms with Crippen LogP contribution in [-0.4, -0.2) is 17.1 Å². The number of halogens is 1. The van der Waals surface area contributed by atoms with Crippen LogP contribution in [0.25, 0.3) is 0 Å². The van der Waals surface area contributed by atoms with Crippen molar-refractivity contribution in [1.82, 2.24) is 10.4 Å². The molecule has 0 bridgehead atoms. The summed E-state index contributed by atoms with van der Waals surface area (Å²) in [5, 5.41) is 2.50. The van der Waals surface area contributed by atoms with Crippen molar-refractivity contribution >= 4 is 15.9 Å². The molecule has 1 aromatic carbocycles. The summed E-state index contributed by atoms with van der Waals surface area (Å²) in [7, 11) is 0. The quantitative estimate of drug-likeness (QED) is 0.877. The second-order valence-corrected chi connectivity index (χ2v) is 6.92. The van der Waals surface area contributed by atoms with Gasteiger partial charge in [0.05, 0.1) is 0 Å². The van der Waals surface area contributed by atoms with Gasteiger partial charge in [-0.2, -0.15) is 0 Å². The summed E-state index contributed by atoms with van der Waals surface area (Å²) in [5.41, 5.74) is 6.80. The van der Waals surface area contributed by atoms with E-state index in [1.54, 1.807) is 0 Å². The summed E-state index contributed by atoms with van der Waals surface area (Å²) in [6, 6.07) is 8.40. The van der Waals surface area contributed by atoms with Crippen LogP contribution in [-0.2, 0) is 6.42 Å². The second-order valence-electron chi connectivity index (χ2n) is 6.06. The van der Waals surface area contributed by atoms with Gasteiger partial charge in [-0.3, -0.25) is 0 Å². The normalized spacial score (nSPS) is 31.4. The number of nitrogens with zero attached hydrogens (tertiary/aromatic N) is 1. The van der Waals surface area contributed by atoms with Gasteiger partial charge in [0.1, 0.15) is 0 Å². The molecule has 1 fully saturated rings. The van der Waals surface area contributed by atoms with E-state index in [1.165, 1.54) is 47.7 Å². The molecule has 1 saturated heterocycles. The zero-order valence-electron chi connectivity index (χ0n) is 11.8. The molecule has 0 saturated carbocycles. The molecule has 1 aliphatic carbocycles. The molecule has 1 aromatic rings. The number of hydrazine groups is 1. The highest BCUT2D eigenvalue weighted by Crippen LogP contribution is 2.36. The number of nitrogens with one attached hydrogen (secondary N) is 1. The molecule has 3 rings (SSSR count). The molecular weight excluding hydrogens is 300 g/mol. The fourth-order valence-electron chi connectivity index (χ4n) is 3.60. The van der Waals surface area contributed by atoms with Crippen LogP contribution in [0.2, 0.25) is 0 Å². The van der Waals surface area contributed by atoms with Crippen LogP contribution in [0.15, 0.2) is 22.7 Å². The van der Waals surface area contributed by atoms with Crippen LogP contribution in [0, 0.1) is 0 Å². The third kappa shape index (κ3) is 2.61. The van der Waals surface area contributed by atoms with Gasteiger partial charge in [0.25, 0.3) is 0 Å². The monoisotopic (exact) mass is 322 g/mol. The molecule has 0 aromatic heterocycles. The van der Waals surface area contributed by atoms with E-state index >= 15 is 0 Å². The Labute approximate surface area is 124 Å². The minimum atomic E-state index is 0.496. The van der Waals surface area contributed by atoms with Crippen LogP contribution in [0.4, 0.5) is 0 Å². The maximum absolute atomic E-state index is 3.81. The summed E-state index contributed by atoms with van der Waals surface area (Å²) in [5.74, 6) is 0. The van der Waals surface area contributed by atoms with Crippen molar-refractivity contribution in [3.8, 4) is 0 Å². The van der Waals surface area contributed by atoms with E-state index in [2.05, 4.69) is 58.4 Å². The lowest BCUT2D eigenvalue weighted by atomic mass is 9.99. The Bertz CT molecular complexity index is 450. The number of benzene rings is 1. The number of hydrogen-bond donors (Lipinski definition) is 1. The first-order valence-corrected chi connectivity index (χ1v) is 8.28. The molecule has 3 heteroatoms. The third-order valence-electron chi connectivity index (χ3n) is 4.71. The Morgan fingerprint density at radius 3 is 2.63 bits per heavy atom. The topological polar surface area (TPSA) is 15.3 Å². The van der Waals surface area contributed by atoms with Gasteiger partial charge in [0, 0.05) is 22.6 Å². The molecule has 0 spiro atoms. The largest absolute Gasteiger partial charge is 0.247 e. The second kappa shape index (κ2) is 5.55. The predicted molar refractivity (Wildman–Crippen MR) is 83.0 cm³/mol. The zero-order chi connectivity index (χ0) is 13.4. The first-order chi connectivity index (χ1) is 9.16. The molecule has 3 atom stereocenters. The van der Waals surface area contributed by atoms with Crippen molar-refractivity contribution in [2.75, 3.05) is 0 Å². The molecule has 0 radical (unpaired) electrons. The summed E-state index contributed by atoms with van der Waals surface area (Å²) >= 11 is 3.68. The minimum Gasteiger partial charge on any atom is -0.247 e. The molecular formula is C16H23BrN2. The highest BCUT2D eigenvalue weighted by molar-refractivity contribution is 9.10. The van der Waals surface area contributed by atoms with E-state index in [4.69, 9.17) is 0 Å². The van der Waals surface area contributed by atoms with Crippen LogP contribution < -0.4 is 5.43 Å². The van der Waals surface area contributed by atoms with E-state index < -0.39 is 0 Å². The Morgan fingerprint density at radius 1 is 1.16 bits per heavy atom. The van der Waals surface area contributed by atoms with E-state index in [0.29, 0.717) is 18.1 Å². The predicted octanol–water partition coefficient (Wildman–Crippen LogP) is 4.20. The van der Waals surface area contributed by atoms with Gasteiger partial charge >= 0.3 is 0 Å². The van der Waals surface area contributed by atoms with Crippen molar-refractivity contribution in [2.24, 2.45) is 0 Å². The van der Waals surface area contributed by atoms with Gasteiger partial charge in [-0.15, -0.1) is 0 Å². The van der Waals surface area contributed by atoms with Gasteiger partial charge in [-0.05, 0) is 56.7 Å². The smallest absolute Gasteiger partial charge is 0.0471 e. The average molecular weight is 323 g/mol. The van der Waals surface area contributed by atoms with Crippen LogP contribution in [0.1, 0.15) is 56.7 Å². The van der Waals surface area contributed by atoms with Crippen molar-refractivity contribution in [3.05, 3.63) is 33.8 Å². The van der Waals surface area contributed by atoms with E-state index in [-0.39, 0.29) is 0 Å². The highest BCUT2D eigenvalue weighted by Gasteiger charge is 2.30. The van der Waals surface area contributed by atoms with Crippen LogP contribution >= 0.6 is 15.9 Å². The molecule has 0 amide bonds. The maximum Gasteiger partial charge on any atom is 0.0471 e. The van der Waals surface area contributed by atoms with Crippen molar-refractivity contribution in [3.63, 3.8) is 0 Å². The minimum absolute atomic E-state index is 0.496. The van der Waals surface area contributed by atoms with E-state index in [9.17, 15) is 0 Å². The summed E-state index contributed by atoms with van der Waals surface area (Å²) < 4.78 is 1.27. The van der Waals surface area contributed by atoms with Gasteiger partial charge < -0.3 is 0 Å². The summed E-state index contributed by atoms with van der Waals surface area (Å²) in [4.78, 5) is 0. The first-order valence-electron chi connectivity index (χ1n) is 7.48. The molecule has 1 aliphatic heterocycles. The number of rotatable bonds is 2. The molecule has 104 valence electrons. The Morgan fingerprint density at radius 2 is 1.89 bits per heavy atom. The standard InChI is InChI=1S/C16H23BrN2/c1-11-5-3-6-12(2)19(11)18-16-10-9-13-14(16)7-4-8-15(13)17/h4,7-8,11-12,16,18H,3,5-6,9-10H2,1-2H3. The molecule has 2 aliphatic rings. The van der Waals surface area contributed by atoms with Crippen LogP contribution in [0.3, 0.4) is 0 Å². The van der Waals surface area contributed by atoms with Crippen molar-refractivity contribution in [2.45, 2.75) is 64.1 Å². The molecule has 1 N–H and O–H groups in total.